The van der Waals surface area contributed by atoms with Crippen LogP contribution >= 0.6 is 11.6 Å². The SMILES string of the molecule is CC(NCc1ccc(C(F)(F)F)cc1)c1ccc(Cl)cc1. The highest BCUT2D eigenvalue weighted by Gasteiger charge is 2.29. The fourth-order valence-electron chi connectivity index (χ4n) is 1.95. The number of hydrogen-bond acceptors (Lipinski definition) is 1. The molecule has 0 aliphatic heterocycles. The standard InChI is InChI=1S/C16H15ClF3N/c1-11(13-4-8-15(17)9-5-13)21-10-12-2-6-14(7-3-12)16(18,19)20/h2-9,11,21H,10H2,1H3. The van der Waals surface area contributed by atoms with E-state index in [4.69, 9.17) is 11.6 Å². The molecule has 2 aromatic carbocycles. The summed E-state index contributed by atoms with van der Waals surface area (Å²) < 4.78 is 37.4. The van der Waals surface area contributed by atoms with Crippen molar-refractivity contribution in [2.45, 2.75) is 25.7 Å². The van der Waals surface area contributed by atoms with Crippen molar-refractivity contribution in [3.05, 3.63) is 70.2 Å². The van der Waals surface area contributed by atoms with E-state index in [1.165, 1.54) is 12.1 Å². The quantitative estimate of drug-likeness (QED) is 0.817. The number of benzene rings is 2. The minimum atomic E-state index is -4.29. The maximum Gasteiger partial charge on any atom is 0.416 e. The highest BCUT2D eigenvalue weighted by molar-refractivity contribution is 6.30. The summed E-state index contributed by atoms with van der Waals surface area (Å²) in [5, 5.41) is 3.94. The molecule has 1 atom stereocenters. The number of rotatable bonds is 4. The van der Waals surface area contributed by atoms with Crippen molar-refractivity contribution in [1.29, 1.82) is 0 Å². The summed E-state index contributed by atoms with van der Waals surface area (Å²) in [6.07, 6.45) is -4.29. The first-order chi connectivity index (χ1) is 9.86. The summed E-state index contributed by atoms with van der Waals surface area (Å²) in [5.41, 5.74) is 1.26. The van der Waals surface area contributed by atoms with Crippen LogP contribution in [0, 0.1) is 0 Å². The second-order valence-corrected chi connectivity index (χ2v) is 5.29. The summed E-state index contributed by atoms with van der Waals surface area (Å²) in [4.78, 5) is 0. The normalized spacial score (nSPS) is 13.2. The van der Waals surface area contributed by atoms with E-state index in [0.29, 0.717) is 11.6 Å². The Morgan fingerprint density at radius 3 is 2.10 bits per heavy atom. The molecule has 112 valence electrons. The van der Waals surface area contributed by atoms with E-state index in [1.807, 2.05) is 31.2 Å². The number of nitrogens with one attached hydrogen (secondary N) is 1. The molecule has 0 fully saturated rings. The monoisotopic (exact) mass is 313 g/mol. The predicted molar refractivity (Wildman–Crippen MR) is 78.2 cm³/mol. The average molecular weight is 314 g/mol. The molecule has 1 unspecified atom stereocenters. The lowest BCUT2D eigenvalue weighted by molar-refractivity contribution is -0.137. The number of hydrogen-bond donors (Lipinski definition) is 1. The average Bonchev–Trinajstić information content (AvgIpc) is 2.45. The zero-order chi connectivity index (χ0) is 15.5. The van der Waals surface area contributed by atoms with Gasteiger partial charge in [0.1, 0.15) is 0 Å². The second-order valence-electron chi connectivity index (χ2n) is 4.85. The van der Waals surface area contributed by atoms with E-state index in [0.717, 1.165) is 23.3 Å². The van der Waals surface area contributed by atoms with E-state index < -0.39 is 11.7 Å². The van der Waals surface area contributed by atoms with Crippen LogP contribution in [-0.2, 0) is 12.7 Å². The second kappa shape index (κ2) is 6.50. The van der Waals surface area contributed by atoms with Gasteiger partial charge in [0.25, 0.3) is 0 Å². The van der Waals surface area contributed by atoms with Gasteiger partial charge in [-0.25, -0.2) is 0 Å². The van der Waals surface area contributed by atoms with Gasteiger partial charge in [-0.3, -0.25) is 0 Å². The van der Waals surface area contributed by atoms with Gasteiger partial charge in [0.15, 0.2) is 0 Å². The molecule has 1 N–H and O–H groups in total. The molecule has 21 heavy (non-hydrogen) atoms. The topological polar surface area (TPSA) is 12.0 Å². The first-order valence-corrected chi connectivity index (χ1v) is 6.89. The maximum absolute atomic E-state index is 12.5. The molecule has 2 aromatic rings. The molecule has 1 nitrogen and oxygen atoms in total. The van der Waals surface area contributed by atoms with Crippen LogP contribution < -0.4 is 5.32 Å². The molecule has 0 spiro atoms. The van der Waals surface area contributed by atoms with Crippen molar-refractivity contribution >= 4 is 11.6 Å². The summed E-state index contributed by atoms with van der Waals surface area (Å²) in [5.74, 6) is 0. The van der Waals surface area contributed by atoms with E-state index >= 15 is 0 Å². The highest BCUT2D eigenvalue weighted by Crippen LogP contribution is 2.29. The molecular weight excluding hydrogens is 299 g/mol. The van der Waals surface area contributed by atoms with Gasteiger partial charge < -0.3 is 5.32 Å². The molecule has 0 radical (unpaired) electrons. The number of alkyl halides is 3. The van der Waals surface area contributed by atoms with Crippen molar-refractivity contribution in [1.82, 2.24) is 5.32 Å². The smallest absolute Gasteiger partial charge is 0.306 e. The van der Waals surface area contributed by atoms with Crippen molar-refractivity contribution in [2.24, 2.45) is 0 Å². The predicted octanol–water partition coefficient (Wildman–Crippen LogP) is 5.21. The molecule has 0 aromatic heterocycles. The van der Waals surface area contributed by atoms with Gasteiger partial charge in [-0.2, -0.15) is 13.2 Å². The summed E-state index contributed by atoms with van der Waals surface area (Å²) in [7, 11) is 0. The Kier molecular flexibility index (Phi) is 4.91. The fourth-order valence-corrected chi connectivity index (χ4v) is 2.08. The van der Waals surface area contributed by atoms with Gasteiger partial charge in [0, 0.05) is 17.6 Å². The van der Waals surface area contributed by atoms with Crippen molar-refractivity contribution < 1.29 is 13.2 Å². The Hall–Kier alpha value is -1.52. The molecule has 0 bridgehead atoms. The van der Waals surface area contributed by atoms with Crippen molar-refractivity contribution in [2.75, 3.05) is 0 Å². The summed E-state index contributed by atoms with van der Waals surface area (Å²) >= 11 is 5.83. The van der Waals surface area contributed by atoms with Gasteiger partial charge in [-0.15, -0.1) is 0 Å². The van der Waals surface area contributed by atoms with Crippen LogP contribution in [0.2, 0.25) is 5.02 Å². The molecule has 0 amide bonds. The maximum atomic E-state index is 12.5. The lowest BCUT2D eigenvalue weighted by atomic mass is 10.1. The minimum absolute atomic E-state index is 0.0876. The summed E-state index contributed by atoms with van der Waals surface area (Å²) in [6, 6.07) is 12.7. The highest BCUT2D eigenvalue weighted by atomic mass is 35.5. The Morgan fingerprint density at radius 2 is 1.57 bits per heavy atom. The summed E-state index contributed by atoms with van der Waals surface area (Å²) in [6.45, 7) is 2.50. The van der Waals surface area contributed by atoms with Crippen LogP contribution in [0.1, 0.15) is 29.7 Å². The molecule has 0 saturated heterocycles. The first-order valence-electron chi connectivity index (χ1n) is 6.51. The van der Waals surface area contributed by atoms with Crippen molar-refractivity contribution in [3.63, 3.8) is 0 Å². The Morgan fingerprint density at radius 1 is 1.00 bits per heavy atom. The largest absolute Gasteiger partial charge is 0.416 e. The lowest BCUT2D eigenvalue weighted by Crippen LogP contribution is -2.18. The van der Waals surface area contributed by atoms with Crippen LogP contribution in [0.3, 0.4) is 0 Å². The molecular formula is C16H15ClF3N. The Balaban J connectivity index is 1.95. The fraction of sp³-hybridized carbons (Fsp3) is 0.250. The molecule has 0 saturated carbocycles. The van der Waals surface area contributed by atoms with Crippen LogP contribution in [-0.4, -0.2) is 0 Å². The van der Waals surface area contributed by atoms with E-state index in [-0.39, 0.29) is 6.04 Å². The van der Waals surface area contributed by atoms with Gasteiger partial charge in [0.2, 0.25) is 0 Å². The minimum Gasteiger partial charge on any atom is -0.306 e. The third-order valence-electron chi connectivity index (χ3n) is 3.26. The van der Waals surface area contributed by atoms with Crippen molar-refractivity contribution in [3.8, 4) is 0 Å². The Labute approximate surface area is 126 Å². The van der Waals surface area contributed by atoms with Gasteiger partial charge in [0.05, 0.1) is 5.56 Å². The van der Waals surface area contributed by atoms with E-state index in [1.54, 1.807) is 0 Å². The lowest BCUT2D eigenvalue weighted by Gasteiger charge is -2.15. The van der Waals surface area contributed by atoms with Gasteiger partial charge in [-0.1, -0.05) is 35.9 Å². The molecule has 0 heterocycles. The van der Waals surface area contributed by atoms with Crippen LogP contribution in [0.15, 0.2) is 48.5 Å². The molecule has 0 aliphatic rings. The van der Waals surface area contributed by atoms with Gasteiger partial charge in [-0.05, 0) is 42.3 Å². The molecule has 2 rings (SSSR count). The molecule has 5 heteroatoms. The number of halogens is 4. The molecule has 0 aliphatic carbocycles. The van der Waals surface area contributed by atoms with Gasteiger partial charge >= 0.3 is 6.18 Å². The Bertz CT molecular complexity index is 576. The van der Waals surface area contributed by atoms with Crippen LogP contribution in [0.5, 0.6) is 0 Å². The third kappa shape index (κ3) is 4.48. The zero-order valence-electron chi connectivity index (χ0n) is 11.4. The third-order valence-corrected chi connectivity index (χ3v) is 3.52. The van der Waals surface area contributed by atoms with Crippen LogP contribution in [0.4, 0.5) is 13.2 Å². The van der Waals surface area contributed by atoms with E-state index in [2.05, 4.69) is 5.32 Å². The van der Waals surface area contributed by atoms with E-state index in [9.17, 15) is 13.2 Å². The zero-order valence-corrected chi connectivity index (χ0v) is 12.2. The first kappa shape index (κ1) is 15.9. The van der Waals surface area contributed by atoms with Crippen LogP contribution in [0.25, 0.3) is 0 Å².